The smallest absolute Gasteiger partial charge is 0.354 e. The van der Waals surface area contributed by atoms with E-state index in [1.54, 1.807) is 5.38 Å². The van der Waals surface area contributed by atoms with Crippen molar-refractivity contribution in [1.82, 2.24) is 15.2 Å². The first-order valence-electron chi connectivity index (χ1n) is 9.54. The summed E-state index contributed by atoms with van der Waals surface area (Å²) in [6, 6.07) is 4.28. The Morgan fingerprint density at radius 2 is 2.18 bits per heavy atom. The number of oxime groups is 1. The molecule has 172 valence electrons. The number of rotatable bonds is 8. The highest BCUT2D eigenvalue weighted by atomic mass is 32.2. The zero-order valence-corrected chi connectivity index (χ0v) is 19.7. The highest BCUT2D eigenvalue weighted by Gasteiger charge is 2.54. The SMILES string of the molecule is CON=C(C(=O)NC1C(=O)N2C(C(=O)O)=C(SC[n+]3ccccc3)SCC12)c1csc(N)n1. The molecule has 2 aliphatic heterocycles. The number of carboxylic acids is 1. The predicted molar refractivity (Wildman–Crippen MR) is 124 cm³/mol. The molecule has 2 aliphatic rings. The van der Waals surface area contributed by atoms with Crippen LogP contribution in [0.15, 0.2) is 51.1 Å². The number of carboxylic acid groups (broad SMARTS) is 1. The van der Waals surface area contributed by atoms with E-state index in [1.807, 2.05) is 35.2 Å². The first-order valence-corrected chi connectivity index (χ1v) is 12.4. The maximum absolute atomic E-state index is 12.9. The van der Waals surface area contributed by atoms with Crippen LogP contribution >= 0.6 is 34.9 Å². The summed E-state index contributed by atoms with van der Waals surface area (Å²) in [7, 11) is 1.29. The number of pyridine rings is 1. The minimum absolute atomic E-state index is 0.0636. The van der Waals surface area contributed by atoms with Gasteiger partial charge in [0, 0.05) is 23.3 Å². The summed E-state index contributed by atoms with van der Waals surface area (Å²) < 4.78 is 2.46. The van der Waals surface area contributed by atoms with Crippen LogP contribution in [0.2, 0.25) is 0 Å². The first kappa shape index (κ1) is 23.1. The van der Waals surface area contributed by atoms with Crippen LogP contribution in [0, 0.1) is 0 Å². The van der Waals surface area contributed by atoms with Gasteiger partial charge in [0.05, 0.1) is 10.3 Å². The molecule has 11 nitrogen and oxygen atoms in total. The number of carbonyl (C=O) groups is 3. The van der Waals surface area contributed by atoms with Crippen molar-refractivity contribution >= 4 is 63.5 Å². The van der Waals surface area contributed by atoms with Crippen LogP contribution in [0.3, 0.4) is 0 Å². The number of β-lactam (4-membered cyclic amide) rings is 1. The molecule has 0 spiro atoms. The third-order valence-electron chi connectivity index (χ3n) is 4.81. The number of thiazole rings is 1. The highest BCUT2D eigenvalue weighted by molar-refractivity contribution is 8.21. The van der Waals surface area contributed by atoms with Crippen molar-refractivity contribution in [2.24, 2.45) is 5.16 Å². The van der Waals surface area contributed by atoms with Crippen LogP contribution in [-0.4, -0.2) is 63.4 Å². The fraction of sp³-hybridized carbons (Fsp3) is 0.263. The number of fused-ring (bicyclic) bond motifs is 1. The maximum Gasteiger partial charge on any atom is 0.354 e. The standard InChI is InChI=1S/C19H18N6O5S3/c1-30-23-12(10-7-32-19(20)21-10)15(26)22-13-11-8-31-18(14(17(28)29)25(11)16(13)27)33-9-24-5-3-2-4-6-24/h2-7,11,13H,8-9H2,1H3,(H3-,20,21,22,26,28,29)/p+1. The number of aliphatic carboxylic acids is 1. The number of nitrogens with one attached hydrogen (secondary N) is 1. The largest absolute Gasteiger partial charge is 0.477 e. The molecule has 2 aromatic heterocycles. The van der Waals surface area contributed by atoms with Crippen LogP contribution in [0.4, 0.5) is 5.13 Å². The van der Waals surface area contributed by atoms with E-state index < -0.39 is 29.9 Å². The van der Waals surface area contributed by atoms with E-state index >= 15 is 0 Å². The molecule has 4 heterocycles. The number of aromatic nitrogens is 2. The van der Waals surface area contributed by atoms with Crippen LogP contribution in [0.25, 0.3) is 0 Å². The maximum atomic E-state index is 12.9. The van der Waals surface area contributed by atoms with E-state index in [4.69, 9.17) is 10.6 Å². The average Bonchev–Trinajstić information content (AvgIpc) is 3.25. The van der Waals surface area contributed by atoms with Crippen LogP contribution in [-0.2, 0) is 25.1 Å². The van der Waals surface area contributed by atoms with Crippen molar-refractivity contribution in [1.29, 1.82) is 0 Å². The lowest BCUT2D eigenvalue weighted by molar-refractivity contribution is -0.675. The van der Waals surface area contributed by atoms with Crippen molar-refractivity contribution in [3.63, 3.8) is 0 Å². The Balaban J connectivity index is 1.49. The third-order valence-corrected chi connectivity index (χ3v) is 8.04. The van der Waals surface area contributed by atoms with E-state index in [0.29, 0.717) is 15.9 Å². The molecule has 14 heteroatoms. The third kappa shape index (κ3) is 4.67. The summed E-state index contributed by atoms with van der Waals surface area (Å²) in [5.74, 6) is -1.40. The Hall–Kier alpha value is -3.10. The molecule has 0 bridgehead atoms. The Kier molecular flexibility index (Phi) is 6.85. The number of hydrogen-bond donors (Lipinski definition) is 3. The summed E-state index contributed by atoms with van der Waals surface area (Å²) in [5.41, 5.74) is 5.67. The number of hydrogen-bond acceptors (Lipinski definition) is 10. The number of anilines is 1. The van der Waals surface area contributed by atoms with E-state index in [-0.39, 0.29) is 22.2 Å². The molecule has 4 N–H and O–H groups in total. The Morgan fingerprint density at radius 3 is 2.82 bits per heavy atom. The van der Waals surface area contributed by atoms with Gasteiger partial charge in [0.2, 0.25) is 0 Å². The summed E-state index contributed by atoms with van der Waals surface area (Å²) in [5, 5.41) is 17.9. The molecular weight excluding hydrogens is 488 g/mol. The van der Waals surface area contributed by atoms with Crippen LogP contribution < -0.4 is 15.6 Å². The molecule has 4 rings (SSSR count). The second-order valence-electron chi connectivity index (χ2n) is 6.84. The van der Waals surface area contributed by atoms with Crippen molar-refractivity contribution in [2.75, 3.05) is 18.6 Å². The second-order valence-corrected chi connectivity index (χ2v) is 9.97. The lowest BCUT2D eigenvalue weighted by Gasteiger charge is -2.49. The topological polar surface area (TPSA) is 151 Å². The molecule has 2 aromatic rings. The lowest BCUT2D eigenvalue weighted by Crippen LogP contribution is -2.72. The van der Waals surface area contributed by atoms with E-state index in [1.165, 1.54) is 35.5 Å². The Morgan fingerprint density at radius 1 is 1.42 bits per heavy atom. The van der Waals surface area contributed by atoms with Gasteiger partial charge in [-0.2, -0.15) is 4.57 Å². The van der Waals surface area contributed by atoms with Crippen LogP contribution in [0.5, 0.6) is 0 Å². The molecule has 2 atom stereocenters. The van der Waals surface area contributed by atoms with Gasteiger partial charge >= 0.3 is 5.97 Å². The molecule has 1 saturated heterocycles. The predicted octanol–water partition coefficient (Wildman–Crippen LogP) is 0.450. The van der Waals surface area contributed by atoms with Gasteiger partial charge in [-0.05, 0) is 11.8 Å². The molecule has 0 radical (unpaired) electrons. The molecule has 2 unspecified atom stereocenters. The number of nitrogens with two attached hydrogens (primary N) is 1. The number of nitrogen functional groups attached to an aromatic ring is 1. The molecule has 0 aromatic carbocycles. The fourth-order valence-electron chi connectivity index (χ4n) is 3.33. The van der Waals surface area contributed by atoms with Gasteiger partial charge in [-0.3, -0.25) is 14.5 Å². The fourth-order valence-corrected chi connectivity index (χ4v) is 6.32. The number of amides is 2. The first-order chi connectivity index (χ1) is 15.9. The summed E-state index contributed by atoms with van der Waals surface area (Å²) >= 11 is 3.83. The van der Waals surface area contributed by atoms with Gasteiger partial charge < -0.3 is 21.0 Å². The van der Waals surface area contributed by atoms with Crippen molar-refractivity contribution in [2.45, 2.75) is 18.0 Å². The Labute approximate surface area is 200 Å². The van der Waals surface area contributed by atoms with Crippen molar-refractivity contribution in [3.05, 3.63) is 51.6 Å². The van der Waals surface area contributed by atoms with Crippen molar-refractivity contribution in [3.8, 4) is 0 Å². The minimum atomic E-state index is -1.19. The average molecular weight is 508 g/mol. The zero-order chi connectivity index (χ0) is 23.5. The van der Waals surface area contributed by atoms with E-state index in [9.17, 15) is 19.5 Å². The van der Waals surface area contributed by atoms with Gasteiger partial charge in [0.1, 0.15) is 18.8 Å². The van der Waals surface area contributed by atoms with Crippen LogP contribution in [0.1, 0.15) is 5.69 Å². The number of thioether (sulfide) groups is 2. The molecule has 33 heavy (non-hydrogen) atoms. The highest BCUT2D eigenvalue weighted by Crippen LogP contribution is 2.43. The minimum Gasteiger partial charge on any atom is -0.477 e. The molecule has 2 amide bonds. The van der Waals surface area contributed by atoms with E-state index in [0.717, 1.165) is 11.3 Å². The van der Waals surface area contributed by atoms with Gasteiger partial charge in [0.15, 0.2) is 34.8 Å². The zero-order valence-electron chi connectivity index (χ0n) is 17.2. The van der Waals surface area contributed by atoms with Gasteiger partial charge in [-0.1, -0.05) is 11.2 Å². The number of nitrogens with zero attached hydrogens (tertiary/aromatic N) is 4. The monoisotopic (exact) mass is 507 g/mol. The lowest BCUT2D eigenvalue weighted by atomic mass is 9.95. The Bertz CT molecular complexity index is 1150. The van der Waals surface area contributed by atoms with Gasteiger partial charge in [-0.25, -0.2) is 9.78 Å². The quantitative estimate of drug-likeness (QED) is 0.200. The van der Waals surface area contributed by atoms with Gasteiger partial charge in [0.25, 0.3) is 11.8 Å². The summed E-state index contributed by atoms with van der Waals surface area (Å²) in [4.78, 5) is 47.7. The molecule has 1 fully saturated rings. The molecule has 0 saturated carbocycles. The second kappa shape index (κ2) is 9.80. The molecular formula is C19H19N6O5S3+. The summed E-state index contributed by atoms with van der Waals surface area (Å²) in [6.07, 6.45) is 3.75. The summed E-state index contributed by atoms with van der Waals surface area (Å²) in [6.45, 7) is 0. The van der Waals surface area contributed by atoms with Gasteiger partial charge in [-0.15, -0.1) is 23.1 Å². The van der Waals surface area contributed by atoms with Crippen molar-refractivity contribution < 1.29 is 28.9 Å². The molecule has 0 aliphatic carbocycles. The van der Waals surface area contributed by atoms with E-state index in [2.05, 4.69) is 15.5 Å². The normalized spacial score (nSPS) is 20.2. The number of carbonyl (C=O) groups excluding carboxylic acids is 2.